The van der Waals surface area contributed by atoms with Gasteiger partial charge in [-0.3, -0.25) is 0 Å². The number of aliphatic hydroxyl groups is 1. The normalized spacial score (nSPS) is 26.2. The molecule has 0 aromatic carbocycles. The lowest BCUT2D eigenvalue weighted by molar-refractivity contribution is 0.0739. The van der Waals surface area contributed by atoms with Crippen molar-refractivity contribution in [2.45, 2.75) is 51.6 Å². The molecule has 12 heavy (non-hydrogen) atoms. The Bertz CT molecular complexity index is 135. The quantitative estimate of drug-likeness (QED) is 0.669. The van der Waals surface area contributed by atoms with E-state index in [1.807, 2.05) is 0 Å². The lowest BCUT2D eigenvalue weighted by atomic mass is 9.89. The van der Waals surface area contributed by atoms with E-state index in [2.05, 4.69) is 6.92 Å². The third kappa shape index (κ3) is 1.82. The summed E-state index contributed by atoms with van der Waals surface area (Å²) < 4.78 is 0. The van der Waals surface area contributed by atoms with Crippen LogP contribution in [0.1, 0.15) is 45.4 Å². The molecule has 2 rings (SSSR count). The maximum absolute atomic E-state index is 9.93. The Balaban J connectivity index is 1.85. The predicted molar refractivity (Wildman–Crippen MR) is 49.9 cm³/mol. The Morgan fingerprint density at radius 1 is 1.17 bits per heavy atom. The fourth-order valence-electron chi connectivity index (χ4n) is 2.46. The van der Waals surface area contributed by atoms with Crippen molar-refractivity contribution in [2.24, 2.45) is 17.8 Å². The molecule has 1 heteroatoms. The average molecular weight is 168 g/mol. The van der Waals surface area contributed by atoms with Crippen LogP contribution in [0.5, 0.6) is 0 Å². The van der Waals surface area contributed by atoms with Gasteiger partial charge >= 0.3 is 0 Å². The largest absolute Gasteiger partial charge is 0.393 e. The second-order valence-electron chi connectivity index (χ2n) is 4.61. The Labute approximate surface area is 75.2 Å². The summed E-state index contributed by atoms with van der Waals surface area (Å²) in [7, 11) is 0. The molecule has 0 radical (unpaired) electrons. The molecule has 0 amide bonds. The van der Waals surface area contributed by atoms with Gasteiger partial charge in [0.1, 0.15) is 0 Å². The highest BCUT2D eigenvalue weighted by Gasteiger charge is 2.44. The fraction of sp³-hybridized carbons (Fsp3) is 1.00. The minimum absolute atomic E-state index is 0.0231. The number of rotatable bonds is 5. The average Bonchev–Trinajstić information content (AvgIpc) is 2.80. The topological polar surface area (TPSA) is 20.2 Å². The van der Waals surface area contributed by atoms with Crippen LogP contribution in [0, 0.1) is 17.8 Å². The third-order valence-electron chi connectivity index (χ3n) is 3.36. The minimum Gasteiger partial charge on any atom is -0.393 e. The number of aliphatic hydroxyl groups excluding tert-OH is 1. The van der Waals surface area contributed by atoms with E-state index in [1.54, 1.807) is 0 Å². The van der Waals surface area contributed by atoms with E-state index < -0.39 is 0 Å². The van der Waals surface area contributed by atoms with Crippen LogP contribution in [0.15, 0.2) is 0 Å². The van der Waals surface area contributed by atoms with E-state index in [-0.39, 0.29) is 6.10 Å². The van der Waals surface area contributed by atoms with Crippen LogP contribution >= 0.6 is 0 Å². The molecule has 1 atom stereocenters. The van der Waals surface area contributed by atoms with Crippen molar-refractivity contribution in [2.75, 3.05) is 0 Å². The van der Waals surface area contributed by atoms with E-state index in [1.165, 1.54) is 25.7 Å². The molecule has 2 aliphatic carbocycles. The van der Waals surface area contributed by atoms with Gasteiger partial charge in [-0.1, -0.05) is 13.3 Å². The molecule has 0 spiro atoms. The Morgan fingerprint density at radius 3 is 2.00 bits per heavy atom. The molecule has 0 saturated heterocycles. The molecular weight excluding hydrogens is 148 g/mol. The van der Waals surface area contributed by atoms with Crippen molar-refractivity contribution in [3.63, 3.8) is 0 Å². The first-order valence-corrected chi connectivity index (χ1v) is 5.51. The highest BCUT2D eigenvalue weighted by atomic mass is 16.3. The Kier molecular flexibility index (Phi) is 2.40. The molecular formula is C11H20O. The molecule has 0 bridgehead atoms. The molecule has 2 fully saturated rings. The van der Waals surface area contributed by atoms with Crippen LogP contribution < -0.4 is 0 Å². The molecule has 0 aromatic rings. The van der Waals surface area contributed by atoms with Crippen LogP contribution in [-0.2, 0) is 0 Å². The van der Waals surface area contributed by atoms with Crippen molar-refractivity contribution < 1.29 is 5.11 Å². The van der Waals surface area contributed by atoms with Gasteiger partial charge in [-0.15, -0.1) is 0 Å². The molecule has 0 aromatic heterocycles. The summed E-state index contributed by atoms with van der Waals surface area (Å²) >= 11 is 0. The predicted octanol–water partition coefficient (Wildman–Crippen LogP) is 2.58. The van der Waals surface area contributed by atoms with Gasteiger partial charge in [0.2, 0.25) is 0 Å². The highest BCUT2D eigenvalue weighted by Crippen LogP contribution is 2.51. The van der Waals surface area contributed by atoms with E-state index >= 15 is 0 Å². The van der Waals surface area contributed by atoms with Crippen molar-refractivity contribution in [3.05, 3.63) is 0 Å². The summed E-state index contributed by atoms with van der Waals surface area (Å²) in [6, 6.07) is 0. The first kappa shape index (κ1) is 8.55. The van der Waals surface area contributed by atoms with Gasteiger partial charge in [0.15, 0.2) is 0 Å². The molecule has 2 aliphatic rings. The van der Waals surface area contributed by atoms with Crippen molar-refractivity contribution in [1.82, 2.24) is 0 Å². The summed E-state index contributed by atoms with van der Waals surface area (Å²) in [6.07, 6.45) is 7.75. The van der Waals surface area contributed by atoms with E-state index in [9.17, 15) is 5.11 Å². The van der Waals surface area contributed by atoms with Gasteiger partial charge in [0, 0.05) is 0 Å². The highest BCUT2D eigenvalue weighted by molar-refractivity contribution is 4.94. The maximum Gasteiger partial charge on any atom is 0.0573 e. The Hall–Kier alpha value is -0.0400. The van der Waals surface area contributed by atoms with Crippen molar-refractivity contribution in [3.8, 4) is 0 Å². The van der Waals surface area contributed by atoms with Crippen molar-refractivity contribution in [1.29, 1.82) is 0 Å². The van der Waals surface area contributed by atoms with Crippen LogP contribution in [0.2, 0.25) is 0 Å². The zero-order chi connectivity index (χ0) is 8.55. The van der Waals surface area contributed by atoms with Gasteiger partial charge < -0.3 is 5.11 Å². The van der Waals surface area contributed by atoms with Crippen LogP contribution in [0.25, 0.3) is 0 Å². The molecule has 0 heterocycles. The van der Waals surface area contributed by atoms with E-state index in [0.717, 1.165) is 24.7 Å². The Morgan fingerprint density at radius 2 is 1.67 bits per heavy atom. The summed E-state index contributed by atoms with van der Waals surface area (Å²) in [4.78, 5) is 0. The zero-order valence-corrected chi connectivity index (χ0v) is 8.00. The fourth-order valence-corrected chi connectivity index (χ4v) is 2.46. The first-order valence-electron chi connectivity index (χ1n) is 5.51. The minimum atomic E-state index is 0.0231. The molecule has 2 saturated carbocycles. The first-order chi connectivity index (χ1) is 5.83. The molecule has 1 unspecified atom stereocenters. The molecule has 1 N–H and O–H groups in total. The van der Waals surface area contributed by atoms with E-state index in [4.69, 9.17) is 0 Å². The zero-order valence-electron chi connectivity index (χ0n) is 8.00. The van der Waals surface area contributed by atoms with Crippen LogP contribution in [-0.4, -0.2) is 11.2 Å². The second kappa shape index (κ2) is 3.37. The van der Waals surface area contributed by atoms with Gasteiger partial charge in [-0.25, -0.2) is 0 Å². The van der Waals surface area contributed by atoms with Gasteiger partial charge in [0.25, 0.3) is 0 Å². The standard InChI is InChI=1S/C11H20O/c1-2-3-10(12)11(8-4-5-8)9-6-7-9/h8-12H,2-7H2,1H3. The SMILES string of the molecule is CCCC(O)C(C1CC1)C1CC1. The van der Waals surface area contributed by atoms with Gasteiger partial charge in [-0.2, -0.15) is 0 Å². The van der Waals surface area contributed by atoms with Gasteiger partial charge in [0.05, 0.1) is 6.10 Å². The van der Waals surface area contributed by atoms with Crippen LogP contribution in [0.3, 0.4) is 0 Å². The maximum atomic E-state index is 9.93. The lowest BCUT2D eigenvalue weighted by Gasteiger charge is -2.21. The number of hydrogen-bond acceptors (Lipinski definition) is 1. The van der Waals surface area contributed by atoms with Crippen LogP contribution in [0.4, 0.5) is 0 Å². The monoisotopic (exact) mass is 168 g/mol. The molecule has 70 valence electrons. The smallest absolute Gasteiger partial charge is 0.0573 e. The summed E-state index contributed by atoms with van der Waals surface area (Å²) in [5.74, 6) is 2.49. The third-order valence-corrected chi connectivity index (χ3v) is 3.36. The summed E-state index contributed by atoms with van der Waals surface area (Å²) in [5, 5.41) is 9.93. The number of hydrogen-bond donors (Lipinski definition) is 1. The lowest BCUT2D eigenvalue weighted by Crippen LogP contribution is -2.23. The second-order valence-corrected chi connectivity index (χ2v) is 4.61. The van der Waals surface area contributed by atoms with E-state index in [0.29, 0.717) is 5.92 Å². The van der Waals surface area contributed by atoms with Gasteiger partial charge in [-0.05, 0) is 49.9 Å². The van der Waals surface area contributed by atoms with Crippen molar-refractivity contribution >= 4 is 0 Å². The summed E-state index contributed by atoms with van der Waals surface area (Å²) in [5.41, 5.74) is 0. The molecule has 1 nitrogen and oxygen atoms in total. The molecule has 0 aliphatic heterocycles. The summed E-state index contributed by atoms with van der Waals surface area (Å²) in [6.45, 7) is 2.17.